The zero-order chi connectivity index (χ0) is 22.1. The summed E-state index contributed by atoms with van der Waals surface area (Å²) in [5, 5.41) is 20.4. The van der Waals surface area contributed by atoms with Crippen LogP contribution in [0.4, 0.5) is 0 Å². The molecule has 1 aliphatic heterocycles. The van der Waals surface area contributed by atoms with Crippen molar-refractivity contribution >= 4 is 5.97 Å². The minimum atomic E-state index is -0.925. The van der Waals surface area contributed by atoms with E-state index in [0.29, 0.717) is 24.2 Å². The number of benzene rings is 2. The molecule has 32 heavy (non-hydrogen) atoms. The molecule has 2 atom stereocenters. The van der Waals surface area contributed by atoms with E-state index in [9.17, 15) is 15.0 Å². The molecule has 166 valence electrons. The Bertz CT molecular complexity index is 1100. The van der Waals surface area contributed by atoms with Gasteiger partial charge in [-0.05, 0) is 55.2 Å². The van der Waals surface area contributed by atoms with Gasteiger partial charge in [-0.15, -0.1) is 0 Å². The fourth-order valence-electron chi connectivity index (χ4n) is 5.30. The predicted octanol–water partition coefficient (Wildman–Crippen LogP) is 4.68. The number of aromatic nitrogens is 2. The summed E-state index contributed by atoms with van der Waals surface area (Å²) in [5.74, 6) is -0.675. The van der Waals surface area contributed by atoms with Gasteiger partial charge in [0.25, 0.3) is 0 Å². The first kappa shape index (κ1) is 20.9. The summed E-state index contributed by atoms with van der Waals surface area (Å²) in [6, 6.07) is 15.5. The number of carboxylic acids is 1. The molecule has 5 rings (SSSR count). The van der Waals surface area contributed by atoms with Gasteiger partial charge in [0.1, 0.15) is 0 Å². The molecule has 1 aromatic heterocycles. The lowest BCUT2D eigenvalue weighted by atomic mass is 9.81. The molecule has 1 saturated carbocycles. The van der Waals surface area contributed by atoms with Crippen molar-refractivity contribution < 1.29 is 19.7 Å². The molecule has 6 nitrogen and oxygen atoms in total. The normalized spacial score (nSPS) is 22.8. The maximum atomic E-state index is 11.4. The van der Waals surface area contributed by atoms with Crippen LogP contribution in [0.2, 0.25) is 0 Å². The summed E-state index contributed by atoms with van der Waals surface area (Å²) in [5.41, 5.74) is 4.60. The van der Waals surface area contributed by atoms with Crippen LogP contribution in [0.25, 0.3) is 11.3 Å². The summed E-state index contributed by atoms with van der Waals surface area (Å²) in [4.78, 5) is 15.7. The van der Waals surface area contributed by atoms with Gasteiger partial charge in [-0.2, -0.15) is 0 Å². The van der Waals surface area contributed by atoms with Gasteiger partial charge in [0, 0.05) is 5.56 Å². The summed E-state index contributed by atoms with van der Waals surface area (Å²) >= 11 is 0. The summed E-state index contributed by atoms with van der Waals surface area (Å²) in [6.07, 6.45) is 7.77. The van der Waals surface area contributed by atoms with Crippen LogP contribution in [-0.4, -0.2) is 37.9 Å². The molecule has 1 aliphatic carbocycles. The Balaban J connectivity index is 1.17. The number of aliphatic hydroxyl groups excluding tert-OH is 1. The second-order valence-corrected chi connectivity index (χ2v) is 8.90. The van der Waals surface area contributed by atoms with Gasteiger partial charge in [0.05, 0.1) is 48.6 Å². The Morgan fingerprint density at radius 3 is 2.66 bits per heavy atom. The Hall–Kier alpha value is -2.96. The average molecular weight is 433 g/mol. The molecule has 0 bridgehead atoms. The van der Waals surface area contributed by atoms with Crippen molar-refractivity contribution in [2.24, 2.45) is 5.92 Å². The predicted molar refractivity (Wildman–Crippen MR) is 120 cm³/mol. The zero-order valence-corrected chi connectivity index (χ0v) is 17.9. The van der Waals surface area contributed by atoms with Crippen molar-refractivity contribution in [3.8, 4) is 11.3 Å². The molecular weight excluding hydrogens is 404 g/mol. The smallest absolute Gasteiger partial charge is 0.336 e. The Morgan fingerprint density at radius 2 is 1.84 bits per heavy atom. The lowest BCUT2D eigenvalue weighted by Crippen LogP contribution is -2.30. The van der Waals surface area contributed by atoms with Crippen LogP contribution in [-0.2, 0) is 11.3 Å². The lowest BCUT2D eigenvalue weighted by Gasteiger charge is -2.33. The minimum absolute atomic E-state index is 0.104. The fourth-order valence-corrected chi connectivity index (χ4v) is 5.30. The number of carboxylic acid groups (broad SMARTS) is 1. The third-order valence-corrected chi connectivity index (χ3v) is 7.05. The molecule has 2 aromatic carbocycles. The molecule has 0 saturated heterocycles. The van der Waals surface area contributed by atoms with E-state index in [1.54, 1.807) is 12.1 Å². The minimum Gasteiger partial charge on any atom is -0.478 e. The van der Waals surface area contributed by atoms with E-state index in [0.717, 1.165) is 31.4 Å². The van der Waals surface area contributed by atoms with Crippen molar-refractivity contribution in [3.05, 3.63) is 77.7 Å². The molecule has 0 radical (unpaired) electrons. The number of hydrogen-bond acceptors (Lipinski definition) is 4. The number of rotatable bonds is 7. The van der Waals surface area contributed by atoms with Crippen LogP contribution in [0, 0.1) is 5.92 Å². The van der Waals surface area contributed by atoms with Crippen LogP contribution in [0.1, 0.15) is 59.6 Å². The number of fused-ring (bicyclic) bond motifs is 3. The van der Waals surface area contributed by atoms with Crippen LogP contribution in [0.3, 0.4) is 0 Å². The number of aliphatic hydroxyl groups is 1. The van der Waals surface area contributed by atoms with Gasteiger partial charge in [-0.25, -0.2) is 9.78 Å². The topological polar surface area (TPSA) is 84.6 Å². The highest BCUT2D eigenvalue weighted by Crippen LogP contribution is 2.42. The van der Waals surface area contributed by atoms with E-state index in [1.807, 2.05) is 30.7 Å². The van der Waals surface area contributed by atoms with E-state index >= 15 is 0 Å². The SMILES string of the molecule is O=C(O)c1ccccc1CO[C@H]1CC[C@H](C(O)CC2c3ccccc3-c3cncn32)CC1. The molecule has 2 aliphatic rings. The van der Waals surface area contributed by atoms with E-state index in [4.69, 9.17) is 4.74 Å². The third kappa shape index (κ3) is 3.96. The maximum absolute atomic E-state index is 11.4. The van der Waals surface area contributed by atoms with Gasteiger partial charge in [0.2, 0.25) is 0 Å². The van der Waals surface area contributed by atoms with Gasteiger partial charge in [0.15, 0.2) is 0 Å². The van der Waals surface area contributed by atoms with Crippen LogP contribution in [0.5, 0.6) is 0 Å². The average Bonchev–Trinajstić information content (AvgIpc) is 3.41. The zero-order valence-electron chi connectivity index (χ0n) is 17.9. The summed E-state index contributed by atoms with van der Waals surface area (Å²) < 4.78 is 8.23. The molecule has 1 fully saturated rings. The van der Waals surface area contributed by atoms with Crippen LogP contribution in [0.15, 0.2) is 61.1 Å². The van der Waals surface area contributed by atoms with Crippen molar-refractivity contribution in [1.82, 2.24) is 9.55 Å². The third-order valence-electron chi connectivity index (χ3n) is 7.05. The monoisotopic (exact) mass is 432 g/mol. The van der Waals surface area contributed by atoms with Gasteiger partial charge < -0.3 is 19.5 Å². The van der Waals surface area contributed by atoms with E-state index in [2.05, 4.69) is 27.8 Å². The van der Waals surface area contributed by atoms with Crippen molar-refractivity contribution in [2.45, 2.75) is 57.0 Å². The quantitative estimate of drug-likeness (QED) is 0.566. The second-order valence-electron chi connectivity index (χ2n) is 8.90. The number of ether oxygens (including phenoxy) is 1. The Labute approximate surface area is 187 Å². The largest absolute Gasteiger partial charge is 0.478 e. The molecule has 2 unspecified atom stereocenters. The lowest BCUT2D eigenvalue weighted by molar-refractivity contribution is -0.0163. The van der Waals surface area contributed by atoms with E-state index < -0.39 is 5.97 Å². The van der Waals surface area contributed by atoms with Crippen molar-refractivity contribution in [3.63, 3.8) is 0 Å². The first-order valence-electron chi connectivity index (χ1n) is 11.3. The molecule has 2 N–H and O–H groups in total. The van der Waals surface area contributed by atoms with Crippen LogP contribution < -0.4 is 0 Å². The number of hydrogen-bond donors (Lipinski definition) is 2. The molecule has 6 heteroatoms. The van der Waals surface area contributed by atoms with Gasteiger partial charge >= 0.3 is 5.97 Å². The Morgan fingerprint density at radius 1 is 1.09 bits per heavy atom. The van der Waals surface area contributed by atoms with E-state index in [1.165, 1.54) is 11.1 Å². The summed E-state index contributed by atoms with van der Waals surface area (Å²) in [6.45, 7) is 0.308. The summed E-state index contributed by atoms with van der Waals surface area (Å²) in [7, 11) is 0. The molecular formula is C26H28N2O4. The first-order valence-corrected chi connectivity index (χ1v) is 11.3. The molecule has 0 spiro atoms. The van der Waals surface area contributed by atoms with Gasteiger partial charge in [-0.3, -0.25) is 0 Å². The number of carbonyl (C=O) groups is 1. The highest BCUT2D eigenvalue weighted by molar-refractivity contribution is 5.89. The Kier molecular flexibility index (Phi) is 5.81. The van der Waals surface area contributed by atoms with Gasteiger partial charge in [-0.1, -0.05) is 42.5 Å². The fraction of sp³-hybridized carbons (Fsp3) is 0.385. The van der Waals surface area contributed by atoms with Crippen LogP contribution >= 0.6 is 0 Å². The molecule has 0 amide bonds. The second kappa shape index (κ2) is 8.88. The number of aromatic carboxylic acids is 1. The maximum Gasteiger partial charge on any atom is 0.336 e. The highest BCUT2D eigenvalue weighted by atomic mass is 16.5. The molecule has 2 heterocycles. The van der Waals surface area contributed by atoms with E-state index in [-0.39, 0.29) is 24.2 Å². The van der Waals surface area contributed by atoms with Crippen molar-refractivity contribution in [2.75, 3.05) is 0 Å². The molecule has 3 aromatic rings. The highest BCUT2D eigenvalue weighted by Gasteiger charge is 2.33. The van der Waals surface area contributed by atoms with Crippen molar-refractivity contribution in [1.29, 1.82) is 0 Å². The number of nitrogens with zero attached hydrogens (tertiary/aromatic N) is 2. The standard InChI is InChI=1S/C26H28N2O4/c29-25(13-23-21-7-3-4-8-22(21)24-14-27-16-28(23)24)17-9-11-19(12-10-17)32-15-18-5-1-2-6-20(18)26(30)31/h1-8,14,16-17,19,23,25,29H,9-13,15H2,(H,30,31)/t17-,19-,23?,25?. The first-order chi connectivity index (χ1) is 15.6. The number of imidazole rings is 1.